The predicted octanol–water partition coefficient (Wildman–Crippen LogP) is 5.98. The van der Waals surface area contributed by atoms with Gasteiger partial charge in [-0.3, -0.25) is 0 Å². The molecule has 2 aromatic carbocycles. The van der Waals surface area contributed by atoms with Crippen molar-refractivity contribution in [1.29, 1.82) is 0 Å². The molecule has 0 saturated carbocycles. The first-order valence-electron chi connectivity index (χ1n) is 5.46. The summed E-state index contributed by atoms with van der Waals surface area (Å²) < 4.78 is 39.4. The molecule has 0 fully saturated rings. The lowest BCUT2D eigenvalue weighted by atomic mass is 9.98. The van der Waals surface area contributed by atoms with Gasteiger partial charge in [-0.1, -0.05) is 50.1 Å². The molecule has 0 aromatic heterocycles. The monoisotopic (exact) mass is 392 g/mol. The molecule has 0 spiro atoms. The zero-order valence-corrected chi connectivity index (χ0v) is 12.8. The molecule has 0 aliphatic heterocycles. The molecule has 0 saturated heterocycles. The number of benzene rings is 2. The van der Waals surface area contributed by atoms with Crippen LogP contribution in [0.2, 0.25) is 0 Å². The van der Waals surface area contributed by atoms with Crippen LogP contribution in [0.3, 0.4) is 0 Å². The summed E-state index contributed by atoms with van der Waals surface area (Å²) in [7, 11) is 0. The number of halogens is 5. The molecule has 0 atom stereocenters. The Morgan fingerprint density at radius 3 is 2.21 bits per heavy atom. The minimum Gasteiger partial charge on any atom is -0.171 e. The van der Waals surface area contributed by atoms with Crippen LogP contribution in [0.1, 0.15) is 5.56 Å². The van der Waals surface area contributed by atoms with Crippen LogP contribution in [0, 0.1) is 0 Å². The maximum Gasteiger partial charge on any atom is 0.393 e. The first-order valence-corrected chi connectivity index (χ1v) is 7.05. The Labute approximate surface area is 125 Å². The molecule has 2 aromatic rings. The maximum atomic E-state index is 12.6. The van der Waals surface area contributed by atoms with Crippen LogP contribution < -0.4 is 0 Å². The van der Waals surface area contributed by atoms with Crippen LogP contribution >= 0.6 is 31.9 Å². The van der Waals surface area contributed by atoms with Crippen LogP contribution in [0.25, 0.3) is 11.1 Å². The van der Waals surface area contributed by atoms with Crippen molar-refractivity contribution in [3.63, 3.8) is 0 Å². The van der Waals surface area contributed by atoms with Crippen molar-refractivity contribution >= 4 is 31.9 Å². The van der Waals surface area contributed by atoms with Gasteiger partial charge in [0.15, 0.2) is 0 Å². The van der Waals surface area contributed by atoms with Gasteiger partial charge >= 0.3 is 6.18 Å². The minimum atomic E-state index is -4.21. The van der Waals surface area contributed by atoms with Crippen molar-refractivity contribution in [3.8, 4) is 11.1 Å². The molecule has 2 rings (SSSR count). The van der Waals surface area contributed by atoms with E-state index in [-0.39, 0.29) is 5.56 Å². The third-order valence-corrected chi connectivity index (χ3v) is 3.58. The largest absolute Gasteiger partial charge is 0.393 e. The van der Waals surface area contributed by atoms with Gasteiger partial charge in [0.25, 0.3) is 0 Å². The lowest BCUT2D eigenvalue weighted by molar-refractivity contribution is -0.127. The van der Waals surface area contributed by atoms with Crippen molar-refractivity contribution in [2.75, 3.05) is 0 Å². The van der Waals surface area contributed by atoms with E-state index >= 15 is 0 Å². The topological polar surface area (TPSA) is 0 Å². The van der Waals surface area contributed by atoms with E-state index in [1.165, 1.54) is 6.07 Å². The summed E-state index contributed by atoms with van der Waals surface area (Å²) in [6, 6.07) is 12.1. The van der Waals surface area contributed by atoms with E-state index in [9.17, 15) is 13.2 Å². The molecule has 100 valence electrons. The van der Waals surface area contributed by atoms with E-state index in [1.807, 2.05) is 12.1 Å². The van der Waals surface area contributed by atoms with Crippen molar-refractivity contribution in [1.82, 2.24) is 0 Å². The normalized spacial score (nSPS) is 11.6. The fourth-order valence-electron chi connectivity index (χ4n) is 1.84. The SMILES string of the molecule is FC(F)(F)Cc1ccc(Br)cc1-c1cccc(Br)c1. The van der Waals surface area contributed by atoms with Crippen molar-refractivity contribution in [2.24, 2.45) is 0 Å². The highest BCUT2D eigenvalue weighted by Gasteiger charge is 2.29. The van der Waals surface area contributed by atoms with E-state index in [0.29, 0.717) is 5.56 Å². The highest BCUT2D eigenvalue weighted by atomic mass is 79.9. The fourth-order valence-corrected chi connectivity index (χ4v) is 2.60. The first-order chi connectivity index (χ1) is 8.85. The number of hydrogen-bond acceptors (Lipinski definition) is 0. The van der Waals surface area contributed by atoms with Gasteiger partial charge in [0.2, 0.25) is 0 Å². The van der Waals surface area contributed by atoms with Gasteiger partial charge in [0.05, 0.1) is 6.42 Å². The lowest BCUT2D eigenvalue weighted by Gasteiger charge is -2.13. The van der Waals surface area contributed by atoms with Crippen LogP contribution in [0.4, 0.5) is 13.2 Å². The quantitative estimate of drug-likeness (QED) is 0.588. The standard InChI is InChI=1S/C14H9Br2F3/c15-11-3-1-2-9(6-11)13-7-12(16)5-4-10(13)8-14(17,18)19/h1-7H,8H2. The summed E-state index contributed by atoms with van der Waals surface area (Å²) >= 11 is 6.63. The average Bonchev–Trinajstić information content (AvgIpc) is 2.30. The summed E-state index contributed by atoms with van der Waals surface area (Å²) in [5.41, 5.74) is 1.62. The van der Waals surface area contributed by atoms with E-state index in [2.05, 4.69) is 31.9 Å². The van der Waals surface area contributed by atoms with Crippen LogP contribution in [-0.2, 0) is 6.42 Å². The van der Waals surface area contributed by atoms with E-state index in [4.69, 9.17) is 0 Å². The fraction of sp³-hybridized carbons (Fsp3) is 0.143. The van der Waals surface area contributed by atoms with Crippen LogP contribution in [0.15, 0.2) is 51.4 Å². The van der Waals surface area contributed by atoms with Gasteiger partial charge in [-0.15, -0.1) is 0 Å². The summed E-state index contributed by atoms with van der Waals surface area (Å²) in [6.45, 7) is 0. The van der Waals surface area contributed by atoms with Gasteiger partial charge in [0.1, 0.15) is 0 Å². The summed E-state index contributed by atoms with van der Waals surface area (Å²) in [5.74, 6) is 0. The zero-order valence-electron chi connectivity index (χ0n) is 9.64. The molecule has 0 aliphatic carbocycles. The molecule has 5 heteroatoms. The highest BCUT2D eigenvalue weighted by Crippen LogP contribution is 2.32. The van der Waals surface area contributed by atoms with Crippen molar-refractivity contribution in [2.45, 2.75) is 12.6 Å². The second-order valence-corrected chi connectivity index (χ2v) is 5.94. The Morgan fingerprint density at radius 2 is 1.58 bits per heavy atom. The minimum absolute atomic E-state index is 0.272. The molecule has 0 N–H and O–H groups in total. The molecule has 19 heavy (non-hydrogen) atoms. The van der Waals surface area contributed by atoms with E-state index < -0.39 is 12.6 Å². The summed E-state index contributed by atoms with van der Waals surface area (Å²) in [5, 5.41) is 0. The Bertz CT molecular complexity index is 591. The molecular formula is C14H9Br2F3. The third-order valence-electron chi connectivity index (χ3n) is 2.60. The highest BCUT2D eigenvalue weighted by molar-refractivity contribution is 9.10. The molecule has 0 nitrogen and oxygen atoms in total. The van der Waals surface area contributed by atoms with Gasteiger partial charge in [0, 0.05) is 8.95 Å². The van der Waals surface area contributed by atoms with Crippen molar-refractivity contribution < 1.29 is 13.2 Å². The van der Waals surface area contributed by atoms with Gasteiger partial charge in [-0.2, -0.15) is 13.2 Å². The Hall–Kier alpha value is -0.810. The molecule has 0 heterocycles. The lowest BCUT2D eigenvalue weighted by Crippen LogP contribution is -2.12. The zero-order chi connectivity index (χ0) is 14.0. The maximum absolute atomic E-state index is 12.6. The number of alkyl halides is 3. The molecule has 0 unspecified atom stereocenters. The average molecular weight is 394 g/mol. The first kappa shape index (κ1) is 14.6. The number of rotatable bonds is 2. The molecule has 0 bridgehead atoms. The molecular weight excluding hydrogens is 385 g/mol. The van der Waals surface area contributed by atoms with Crippen LogP contribution in [0.5, 0.6) is 0 Å². The van der Waals surface area contributed by atoms with Gasteiger partial charge < -0.3 is 0 Å². The summed E-state index contributed by atoms with van der Waals surface area (Å²) in [4.78, 5) is 0. The van der Waals surface area contributed by atoms with E-state index in [0.717, 1.165) is 14.5 Å². The van der Waals surface area contributed by atoms with Gasteiger partial charge in [-0.25, -0.2) is 0 Å². The molecule has 0 aliphatic rings. The Balaban J connectivity index is 2.51. The van der Waals surface area contributed by atoms with Crippen molar-refractivity contribution in [3.05, 3.63) is 57.0 Å². The third kappa shape index (κ3) is 4.08. The molecule has 0 amide bonds. The smallest absolute Gasteiger partial charge is 0.171 e. The van der Waals surface area contributed by atoms with E-state index in [1.54, 1.807) is 24.3 Å². The number of hydrogen-bond donors (Lipinski definition) is 0. The van der Waals surface area contributed by atoms with Crippen LogP contribution in [-0.4, -0.2) is 6.18 Å². The second-order valence-electron chi connectivity index (χ2n) is 4.10. The second kappa shape index (κ2) is 5.67. The summed E-state index contributed by atoms with van der Waals surface area (Å²) in [6.07, 6.45) is -5.14. The Kier molecular flexibility index (Phi) is 4.36. The van der Waals surface area contributed by atoms with Gasteiger partial charge in [-0.05, 0) is 41.0 Å². The Morgan fingerprint density at radius 1 is 0.895 bits per heavy atom. The molecule has 0 radical (unpaired) electrons. The predicted molar refractivity (Wildman–Crippen MR) is 77.0 cm³/mol.